The minimum Gasteiger partial charge on any atom is -0.460 e. The third-order valence-electron chi connectivity index (χ3n) is 7.58. The van der Waals surface area contributed by atoms with Gasteiger partial charge in [-0.25, -0.2) is 9.37 Å². The van der Waals surface area contributed by atoms with Crippen LogP contribution in [0.5, 0.6) is 0 Å². The third-order valence-corrected chi connectivity index (χ3v) is 7.58. The van der Waals surface area contributed by atoms with Crippen LogP contribution < -0.4 is 5.56 Å². The van der Waals surface area contributed by atoms with E-state index in [1.54, 1.807) is 24.5 Å². The average molecular weight is 432 g/mol. The molecular weight excluding hydrogens is 411 g/mol. The summed E-state index contributed by atoms with van der Waals surface area (Å²) < 4.78 is 21.5. The first-order valence-corrected chi connectivity index (χ1v) is 11.0. The number of pyridine rings is 2. The standard InChI is InChI=1S/C25H21FN2O4/c1-3-25(11-29)17-7-20-22-15(9-28(20)23(30)16(17)10-32-24(25)31)14-6-4-5-13-12(2)18(26)8-19(27-22)21(13)14/h7-8,11H,3-6,9-10H2,1-2H3/t25-/m0/s1. The van der Waals surface area contributed by atoms with E-state index in [0.717, 1.165) is 41.3 Å². The molecule has 1 atom stereocenters. The van der Waals surface area contributed by atoms with Crippen molar-refractivity contribution in [1.29, 1.82) is 0 Å². The molecule has 0 amide bonds. The summed E-state index contributed by atoms with van der Waals surface area (Å²) in [6.07, 6.45) is 3.35. The second-order valence-electron chi connectivity index (χ2n) is 8.96. The molecule has 0 unspecified atom stereocenters. The summed E-state index contributed by atoms with van der Waals surface area (Å²) in [5, 5.41) is 1.01. The van der Waals surface area contributed by atoms with Gasteiger partial charge in [0, 0.05) is 17.0 Å². The van der Waals surface area contributed by atoms with E-state index in [1.165, 1.54) is 6.07 Å². The van der Waals surface area contributed by atoms with Gasteiger partial charge in [-0.15, -0.1) is 0 Å². The van der Waals surface area contributed by atoms with Crippen LogP contribution in [0.2, 0.25) is 0 Å². The molecule has 0 bridgehead atoms. The molecule has 1 aromatic carbocycles. The van der Waals surface area contributed by atoms with Gasteiger partial charge in [0.05, 0.1) is 29.0 Å². The van der Waals surface area contributed by atoms with Crippen molar-refractivity contribution in [3.63, 3.8) is 0 Å². The number of rotatable bonds is 2. The van der Waals surface area contributed by atoms with Crippen LogP contribution in [0.4, 0.5) is 4.39 Å². The Morgan fingerprint density at radius 1 is 1.19 bits per heavy atom. The molecule has 0 fully saturated rings. The Morgan fingerprint density at radius 2 is 1.97 bits per heavy atom. The van der Waals surface area contributed by atoms with Crippen molar-refractivity contribution >= 4 is 23.2 Å². The normalized spacial score (nSPS) is 20.5. The zero-order valence-electron chi connectivity index (χ0n) is 17.9. The predicted molar refractivity (Wildman–Crippen MR) is 115 cm³/mol. The lowest BCUT2D eigenvalue weighted by Crippen LogP contribution is -2.45. The monoisotopic (exact) mass is 432 g/mol. The van der Waals surface area contributed by atoms with E-state index in [2.05, 4.69) is 0 Å². The molecule has 0 N–H and O–H groups in total. The molecule has 0 radical (unpaired) electrons. The van der Waals surface area contributed by atoms with Crippen LogP contribution in [-0.4, -0.2) is 21.8 Å². The van der Waals surface area contributed by atoms with E-state index in [4.69, 9.17) is 9.72 Å². The van der Waals surface area contributed by atoms with Gasteiger partial charge in [0.15, 0.2) is 0 Å². The number of carbonyl (C=O) groups excluding carboxylic acids is 2. The van der Waals surface area contributed by atoms with E-state index in [1.807, 2.05) is 0 Å². The van der Waals surface area contributed by atoms with Crippen molar-refractivity contribution in [3.05, 3.63) is 61.7 Å². The number of carbonyl (C=O) groups is 2. The molecule has 4 heterocycles. The fourth-order valence-electron chi connectivity index (χ4n) is 5.75. The van der Waals surface area contributed by atoms with Crippen molar-refractivity contribution in [3.8, 4) is 11.4 Å². The van der Waals surface area contributed by atoms with Crippen LogP contribution in [0.1, 0.15) is 53.1 Å². The number of nitrogens with zero attached hydrogens (tertiary/aromatic N) is 2. The summed E-state index contributed by atoms with van der Waals surface area (Å²) in [5.74, 6) is -0.906. The van der Waals surface area contributed by atoms with Gasteiger partial charge < -0.3 is 14.1 Å². The Morgan fingerprint density at radius 3 is 2.72 bits per heavy atom. The summed E-state index contributed by atoms with van der Waals surface area (Å²) in [6, 6.07) is 3.22. The van der Waals surface area contributed by atoms with E-state index >= 15 is 0 Å². The van der Waals surface area contributed by atoms with Gasteiger partial charge in [-0.2, -0.15) is 0 Å². The Labute approximate surface area is 183 Å². The fourth-order valence-corrected chi connectivity index (χ4v) is 5.75. The SMILES string of the molecule is CC[C@@]1(C=O)C(=O)OCc2c1cc1n(c2=O)Cc2c-1nc1cc(F)c(C)c3c1c2CCC3. The highest BCUT2D eigenvalue weighted by molar-refractivity contribution is 6.01. The van der Waals surface area contributed by atoms with E-state index in [0.29, 0.717) is 46.4 Å². The van der Waals surface area contributed by atoms with Crippen LogP contribution in [0.15, 0.2) is 16.9 Å². The number of aldehydes is 1. The number of ether oxygens (including phenoxy) is 1. The van der Waals surface area contributed by atoms with Crippen molar-refractivity contribution in [2.45, 2.75) is 58.1 Å². The topological polar surface area (TPSA) is 78.3 Å². The summed E-state index contributed by atoms with van der Waals surface area (Å²) in [4.78, 5) is 42.9. The maximum absolute atomic E-state index is 14.6. The van der Waals surface area contributed by atoms with Gasteiger partial charge in [-0.3, -0.25) is 9.59 Å². The minimum absolute atomic E-state index is 0.143. The molecular formula is C25H21FN2O4. The van der Waals surface area contributed by atoms with Crippen molar-refractivity contribution in [2.75, 3.05) is 0 Å². The minimum atomic E-state index is -1.49. The molecule has 6 rings (SSSR count). The first-order valence-electron chi connectivity index (χ1n) is 11.0. The average Bonchev–Trinajstić information content (AvgIpc) is 3.17. The van der Waals surface area contributed by atoms with Crippen molar-refractivity contribution in [1.82, 2.24) is 9.55 Å². The van der Waals surface area contributed by atoms with Gasteiger partial charge in [-0.1, -0.05) is 6.92 Å². The second kappa shape index (κ2) is 6.34. The first-order chi connectivity index (χ1) is 15.4. The lowest BCUT2D eigenvalue weighted by molar-refractivity contribution is -0.155. The molecule has 0 saturated heterocycles. The predicted octanol–water partition coefficient (Wildman–Crippen LogP) is 3.26. The van der Waals surface area contributed by atoms with Gasteiger partial charge >= 0.3 is 5.97 Å². The van der Waals surface area contributed by atoms with Crippen LogP contribution in [-0.2, 0) is 45.7 Å². The number of cyclic esters (lactones) is 1. The summed E-state index contributed by atoms with van der Waals surface area (Å²) >= 11 is 0. The number of fused-ring (bicyclic) bond motifs is 5. The molecule has 7 heteroatoms. The number of benzene rings is 1. The van der Waals surface area contributed by atoms with Crippen LogP contribution in [0, 0.1) is 12.7 Å². The van der Waals surface area contributed by atoms with Gasteiger partial charge in [0.1, 0.15) is 24.1 Å². The van der Waals surface area contributed by atoms with Crippen molar-refractivity contribution < 1.29 is 18.7 Å². The highest BCUT2D eigenvalue weighted by atomic mass is 19.1. The zero-order chi connectivity index (χ0) is 22.4. The molecule has 0 saturated carbocycles. The Balaban J connectivity index is 1.69. The molecule has 2 aromatic heterocycles. The largest absolute Gasteiger partial charge is 0.460 e. The molecule has 6 nitrogen and oxygen atoms in total. The van der Waals surface area contributed by atoms with E-state index < -0.39 is 11.4 Å². The van der Waals surface area contributed by atoms with E-state index in [9.17, 15) is 18.8 Å². The molecule has 2 aliphatic heterocycles. The van der Waals surface area contributed by atoms with Crippen molar-refractivity contribution in [2.24, 2.45) is 0 Å². The van der Waals surface area contributed by atoms with Gasteiger partial charge in [0.2, 0.25) is 0 Å². The molecule has 1 aliphatic carbocycles. The number of aromatic nitrogens is 2. The Bertz CT molecular complexity index is 1460. The van der Waals surface area contributed by atoms with Gasteiger partial charge in [0.25, 0.3) is 5.56 Å². The molecule has 3 aromatic rings. The van der Waals surface area contributed by atoms with E-state index in [-0.39, 0.29) is 24.4 Å². The number of hydrogen-bond acceptors (Lipinski definition) is 5. The summed E-state index contributed by atoms with van der Waals surface area (Å²) in [6.45, 7) is 3.77. The fraction of sp³-hybridized carbons (Fsp3) is 0.360. The summed E-state index contributed by atoms with van der Waals surface area (Å²) in [5.41, 5.74) is 4.56. The number of hydrogen-bond donors (Lipinski definition) is 0. The quantitative estimate of drug-likeness (QED) is 0.276. The third kappa shape index (κ3) is 2.18. The molecule has 0 spiro atoms. The Hall–Kier alpha value is -3.35. The highest BCUT2D eigenvalue weighted by Gasteiger charge is 2.47. The molecule has 162 valence electrons. The summed E-state index contributed by atoms with van der Waals surface area (Å²) in [7, 11) is 0. The smallest absolute Gasteiger partial charge is 0.324 e. The lowest BCUT2D eigenvalue weighted by atomic mass is 9.76. The molecule has 32 heavy (non-hydrogen) atoms. The maximum Gasteiger partial charge on any atom is 0.324 e. The van der Waals surface area contributed by atoms with Crippen LogP contribution in [0.3, 0.4) is 0 Å². The molecule has 3 aliphatic rings. The maximum atomic E-state index is 14.6. The number of aryl methyl sites for hydroxylation is 2. The second-order valence-corrected chi connectivity index (χ2v) is 8.96. The zero-order valence-corrected chi connectivity index (χ0v) is 17.9. The Kier molecular flexibility index (Phi) is 3.83. The number of halogens is 1. The first kappa shape index (κ1) is 19.3. The van der Waals surface area contributed by atoms with Crippen LogP contribution in [0.25, 0.3) is 22.3 Å². The van der Waals surface area contributed by atoms with Gasteiger partial charge in [-0.05, 0) is 60.9 Å². The lowest BCUT2D eigenvalue weighted by Gasteiger charge is -2.31. The highest BCUT2D eigenvalue weighted by Crippen LogP contribution is 2.43. The van der Waals surface area contributed by atoms with Crippen LogP contribution >= 0.6 is 0 Å². The number of esters is 1.